The lowest BCUT2D eigenvalue weighted by atomic mass is 10.2. The van der Waals surface area contributed by atoms with E-state index >= 15 is 0 Å². The molecule has 0 atom stereocenters. The molecule has 0 aliphatic heterocycles. The number of carbonyl (C=O) groups excluding carboxylic acids is 1. The van der Waals surface area contributed by atoms with E-state index in [1.165, 1.54) is 16.2 Å². The minimum atomic E-state index is -0.0730. The standard InChI is InChI=1S/C23H29N3O3S/c1-6-25(7-2)13-14-26(22(27)17-9-8-10-18(15-17)28-4)23-24-20-19(29-5)12-11-16(3)21(20)30-23/h8-12,15H,6-7,13-14H2,1-5H3/p+1. The summed E-state index contributed by atoms with van der Waals surface area (Å²) in [5, 5.41) is 0.692. The van der Waals surface area contributed by atoms with Crippen molar-refractivity contribution in [3.8, 4) is 11.5 Å². The van der Waals surface area contributed by atoms with Crippen molar-refractivity contribution in [3.05, 3.63) is 47.5 Å². The molecular formula is C23H30N3O3S+. The van der Waals surface area contributed by atoms with Crippen LogP contribution in [0, 0.1) is 6.92 Å². The molecule has 0 saturated heterocycles. The van der Waals surface area contributed by atoms with Gasteiger partial charge in [0.1, 0.15) is 17.0 Å². The van der Waals surface area contributed by atoms with Crippen molar-refractivity contribution in [1.82, 2.24) is 4.98 Å². The largest absolute Gasteiger partial charge is 0.497 e. The molecule has 2 aromatic carbocycles. The number of hydrogen-bond acceptors (Lipinski definition) is 5. The van der Waals surface area contributed by atoms with Gasteiger partial charge >= 0.3 is 0 Å². The summed E-state index contributed by atoms with van der Waals surface area (Å²) < 4.78 is 11.9. The van der Waals surface area contributed by atoms with Gasteiger partial charge < -0.3 is 14.4 Å². The number of aryl methyl sites for hydroxylation is 1. The molecule has 7 heteroatoms. The summed E-state index contributed by atoms with van der Waals surface area (Å²) in [7, 11) is 3.25. The van der Waals surface area contributed by atoms with Gasteiger partial charge in [0.05, 0.1) is 45.1 Å². The average molecular weight is 429 g/mol. The molecule has 0 bridgehead atoms. The number of nitrogens with zero attached hydrogens (tertiary/aromatic N) is 2. The average Bonchev–Trinajstić information content (AvgIpc) is 3.23. The molecule has 0 unspecified atom stereocenters. The molecule has 30 heavy (non-hydrogen) atoms. The molecule has 1 amide bonds. The molecule has 0 radical (unpaired) electrons. The molecule has 0 aliphatic carbocycles. The summed E-state index contributed by atoms with van der Waals surface area (Å²) in [6, 6.07) is 11.2. The van der Waals surface area contributed by atoms with Crippen molar-refractivity contribution in [2.75, 3.05) is 45.3 Å². The lowest BCUT2D eigenvalue weighted by Crippen LogP contribution is -3.12. The highest BCUT2D eigenvalue weighted by atomic mass is 32.1. The van der Waals surface area contributed by atoms with Crippen LogP contribution in [0.1, 0.15) is 29.8 Å². The Morgan fingerprint density at radius 3 is 2.57 bits per heavy atom. The maximum atomic E-state index is 13.5. The number of nitrogens with one attached hydrogen (secondary N) is 1. The van der Waals surface area contributed by atoms with Crippen LogP contribution in [0.5, 0.6) is 11.5 Å². The Labute approximate surface area is 182 Å². The number of methoxy groups -OCH3 is 2. The fourth-order valence-electron chi connectivity index (χ4n) is 3.45. The number of quaternary nitrogens is 1. The number of fused-ring (bicyclic) bond motifs is 1. The van der Waals surface area contributed by atoms with Crippen molar-refractivity contribution in [2.45, 2.75) is 20.8 Å². The Morgan fingerprint density at radius 1 is 1.13 bits per heavy atom. The van der Waals surface area contributed by atoms with Crippen molar-refractivity contribution in [3.63, 3.8) is 0 Å². The van der Waals surface area contributed by atoms with Gasteiger partial charge in [0, 0.05) is 5.56 Å². The number of likely N-dealkylation sites (N-methyl/N-ethyl adjacent to an activating group) is 1. The number of benzene rings is 2. The van der Waals surface area contributed by atoms with E-state index in [1.807, 2.05) is 30.3 Å². The molecule has 3 rings (SSSR count). The van der Waals surface area contributed by atoms with Gasteiger partial charge in [0.25, 0.3) is 5.91 Å². The van der Waals surface area contributed by atoms with Crippen LogP contribution in [0.4, 0.5) is 5.13 Å². The highest BCUT2D eigenvalue weighted by Crippen LogP contribution is 2.36. The number of hydrogen-bond donors (Lipinski definition) is 1. The molecule has 0 saturated carbocycles. The second kappa shape index (κ2) is 9.91. The summed E-state index contributed by atoms with van der Waals surface area (Å²) in [6.07, 6.45) is 0. The minimum absolute atomic E-state index is 0.0730. The molecule has 0 aliphatic rings. The normalized spacial score (nSPS) is 11.1. The van der Waals surface area contributed by atoms with Crippen molar-refractivity contribution in [1.29, 1.82) is 0 Å². The topological polar surface area (TPSA) is 56.1 Å². The van der Waals surface area contributed by atoms with Gasteiger partial charge in [-0.15, -0.1) is 0 Å². The zero-order valence-electron chi connectivity index (χ0n) is 18.3. The quantitative estimate of drug-likeness (QED) is 0.569. The van der Waals surface area contributed by atoms with Crippen molar-refractivity contribution < 1.29 is 19.2 Å². The predicted molar refractivity (Wildman–Crippen MR) is 122 cm³/mol. The summed E-state index contributed by atoms with van der Waals surface area (Å²) in [5.41, 5.74) is 2.51. The van der Waals surface area contributed by atoms with E-state index < -0.39 is 0 Å². The van der Waals surface area contributed by atoms with E-state index in [4.69, 9.17) is 14.5 Å². The summed E-state index contributed by atoms with van der Waals surface area (Å²) in [4.78, 5) is 21.6. The number of rotatable bonds is 9. The first-order valence-corrected chi connectivity index (χ1v) is 11.1. The molecular weight excluding hydrogens is 398 g/mol. The van der Waals surface area contributed by atoms with Crippen LogP contribution in [0.25, 0.3) is 10.2 Å². The van der Waals surface area contributed by atoms with Gasteiger partial charge in [-0.05, 0) is 50.6 Å². The van der Waals surface area contributed by atoms with Crippen LogP contribution >= 0.6 is 11.3 Å². The summed E-state index contributed by atoms with van der Waals surface area (Å²) >= 11 is 1.53. The minimum Gasteiger partial charge on any atom is -0.497 e. The Bertz CT molecular complexity index is 1010. The number of carbonyl (C=O) groups is 1. The Hall–Kier alpha value is -2.64. The zero-order valence-corrected chi connectivity index (χ0v) is 19.1. The van der Waals surface area contributed by atoms with Gasteiger partial charge in [-0.25, -0.2) is 4.98 Å². The molecule has 1 N–H and O–H groups in total. The molecule has 160 valence electrons. The highest BCUT2D eigenvalue weighted by molar-refractivity contribution is 7.22. The summed E-state index contributed by atoms with van der Waals surface area (Å²) in [5.74, 6) is 1.31. The molecule has 3 aromatic rings. The van der Waals surface area contributed by atoms with Crippen LogP contribution in [-0.4, -0.2) is 51.3 Å². The summed E-state index contributed by atoms with van der Waals surface area (Å²) in [6.45, 7) is 9.87. The van der Waals surface area contributed by atoms with E-state index in [2.05, 4.69) is 20.8 Å². The van der Waals surface area contributed by atoms with Gasteiger partial charge in [-0.3, -0.25) is 9.69 Å². The Kier molecular flexibility index (Phi) is 7.29. The van der Waals surface area contributed by atoms with E-state index in [1.54, 1.807) is 25.2 Å². The first kappa shape index (κ1) is 22.1. The second-order valence-electron chi connectivity index (χ2n) is 7.15. The molecule has 0 spiro atoms. The van der Waals surface area contributed by atoms with Crippen LogP contribution in [0.3, 0.4) is 0 Å². The number of ether oxygens (including phenoxy) is 2. The lowest BCUT2D eigenvalue weighted by Gasteiger charge is -2.23. The monoisotopic (exact) mass is 428 g/mol. The highest BCUT2D eigenvalue weighted by Gasteiger charge is 2.24. The lowest BCUT2D eigenvalue weighted by molar-refractivity contribution is -0.894. The van der Waals surface area contributed by atoms with Crippen molar-refractivity contribution >= 4 is 32.6 Å². The number of amides is 1. The zero-order chi connectivity index (χ0) is 21.7. The third-order valence-corrected chi connectivity index (χ3v) is 6.61. The SMILES string of the molecule is CC[NH+](CC)CCN(C(=O)c1cccc(OC)c1)c1nc2c(OC)ccc(C)c2s1. The predicted octanol–water partition coefficient (Wildman–Crippen LogP) is 3.19. The van der Waals surface area contributed by atoms with Gasteiger partial charge in [-0.1, -0.05) is 23.5 Å². The van der Waals surface area contributed by atoms with Gasteiger partial charge in [-0.2, -0.15) is 0 Å². The number of thiazole rings is 1. The number of aromatic nitrogens is 1. The fourth-order valence-corrected chi connectivity index (χ4v) is 4.52. The third-order valence-electron chi connectivity index (χ3n) is 5.39. The maximum Gasteiger partial charge on any atom is 0.260 e. The van der Waals surface area contributed by atoms with E-state index in [-0.39, 0.29) is 5.91 Å². The third kappa shape index (κ3) is 4.57. The first-order valence-electron chi connectivity index (χ1n) is 10.3. The molecule has 1 heterocycles. The van der Waals surface area contributed by atoms with Gasteiger partial charge in [0.15, 0.2) is 5.13 Å². The van der Waals surface area contributed by atoms with Crippen LogP contribution in [0.15, 0.2) is 36.4 Å². The van der Waals surface area contributed by atoms with E-state index in [0.717, 1.165) is 41.2 Å². The molecule has 0 fully saturated rings. The second-order valence-corrected chi connectivity index (χ2v) is 8.13. The van der Waals surface area contributed by atoms with Crippen LogP contribution < -0.4 is 19.3 Å². The van der Waals surface area contributed by atoms with E-state index in [0.29, 0.717) is 23.0 Å². The van der Waals surface area contributed by atoms with Gasteiger partial charge in [0.2, 0.25) is 0 Å². The van der Waals surface area contributed by atoms with E-state index in [9.17, 15) is 4.79 Å². The molecule has 6 nitrogen and oxygen atoms in total. The maximum absolute atomic E-state index is 13.5. The van der Waals surface area contributed by atoms with Crippen LogP contribution in [0.2, 0.25) is 0 Å². The number of anilines is 1. The smallest absolute Gasteiger partial charge is 0.260 e. The first-order chi connectivity index (χ1) is 14.5. The van der Waals surface area contributed by atoms with Crippen LogP contribution in [-0.2, 0) is 0 Å². The Morgan fingerprint density at radius 2 is 1.90 bits per heavy atom. The molecule has 1 aromatic heterocycles. The van der Waals surface area contributed by atoms with Crippen molar-refractivity contribution in [2.24, 2.45) is 0 Å². The Balaban J connectivity index is 2.03. The fraction of sp³-hybridized carbons (Fsp3) is 0.391.